The Morgan fingerprint density at radius 3 is 2.31 bits per heavy atom. The van der Waals surface area contributed by atoms with Crippen LogP contribution in [0.2, 0.25) is 0 Å². The first-order chi connectivity index (χ1) is 17.4. The van der Waals surface area contributed by atoms with Crippen molar-refractivity contribution >= 4 is 11.7 Å². The van der Waals surface area contributed by atoms with Gasteiger partial charge in [-0.05, 0) is 48.0 Å². The Hall–Kier alpha value is -5.00. The van der Waals surface area contributed by atoms with Crippen molar-refractivity contribution in [2.45, 2.75) is 6.18 Å². The summed E-state index contributed by atoms with van der Waals surface area (Å²) in [6.45, 7) is 0. The number of amides is 1. The fraction of sp³-hybridized carbons (Fsp3) is 0.0417. The van der Waals surface area contributed by atoms with Gasteiger partial charge in [0.15, 0.2) is 17.3 Å². The van der Waals surface area contributed by atoms with Crippen molar-refractivity contribution < 1.29 is 18.0 Å². The number of alkyl halides is 3. The summed E-state index contributed by atoms with van der Waals surface area (Å²) >= 11 is 0. The lowest BCUT2D eigenvalue weighted by molar-refractivity contribution is -0.142. The Labute approximate surface area is 201 Å². The predicted octanol–water partition coefficient (Wildman–Crippen LogP) is 4.45. The summed E-state index contributed by atoms with van der Waals surface area (Å²) in [6.07, 6.45) is 2.89. The molecule has 178 valence electrons. The minimum absolute atomic E-state index is 0.0606. The molecule has 0 aliphatic rings. The van der Waals surface area contributed by atoms with Gasteiger partial charge in [-0.1, -0.05) is 12.1 Å². The van der Waals surface area contributed by atoms with E-state index in [1.165, 1.54) is 30.9 Å². The zero-order valence-corrected chi connectivity index (χ0v) is 18.3. The van der Waals surface area contributed by atoms with Crippen LogP contribution in [0.15, 0.2) is 85.7 Å². The average Bonchev–Trinajstić information content (AvgIpc) is 3.37. The van der Waals surface area contributed by atoms with E-state index in [1.807, 2.05) is 6.07 Å². The first-order valence-corrected chi connectivity index (χ1v) is 10.5. The number of benzene rings is 1. The molecule has 0 unspecified atom stereocenters. The van der Waals surface area contributed by atoms with E-state index < -0.39 is 17.8 Å². The molecule has 0 atom stereocenters. The molecule has 1 aromatic carbocycles. The second-order valence-electron chi connectivity index (χ2n) is 7.50. The lowest BCUT2D eigenvalue weighted by atomic mass is 10.1. The molecular weight excluding hydrogens is 473 g/mol. The third-order valence-corrected chi connectivity index (χ3v) is 5.08. The summed E-state index contributed by atoms with van der Waals surface area (Å²) in [7, 11) is 0. The number of anilines is 1. The molecule has 12 heteroatoms. The molecule has 0 saturated heterocycles. The van der Waals surface area contributed by atoms with E-state index in [4.69, 9.17) is 0 Å². The minimum Gasteiger partial charge on any atom is -0.305 e. The smallest absolute Gasteiger partial charge is 0.305 e. The number of carbonyl (C=O) groups excluding carboxylic acids is 1. The van der Waals surface area contributed by atoms with Crippen LogP contribution in [0.3, 0.4) is 0 Å². The van der Waals surface area contributed by atoms with Crippen LogP contribution in [0.5, 0.6) is 0 Å². The van der Waals surface area contributed by atoms with Gasteiger partial charge in [0.25, 0.3) is 5.91 Å². The lowest BCUT2D eigenvalue weighted by Crippen LogP contribution is -2.16. The Morgan fingerprint density at radius 2 is 1.61 bits per heavy atom. The number of carbonyl (C=O) groups is 1. The summed E-state index contributed by atoms with van der Waals surface area (Å²) < 4.78 is 41.7. The van der Waals surface area contributed by atoms with Crippen LogP contribution in [-0.4, -0.2) is 40.8 Å². The van der Waals surface area contributed by atoms with E-state index in [1.54, 1.807) is 42.7 Å². The van der Waals surface area contributed by atoms with Gasteiger partial charge < -0.3 is 5.32 Å². The number of hydrogen-bond donors (Lipinski definition) is 1. The van der Waals surface area contributed by atoms with E-state index in [0.717, 1.165) is 17.2 Å². The molecule has 36 heavy (non-hydrogen) atoms. The van der Waals surface area contributed by atoms with Crippen LogP contribution in [0.1, 0.15) is 16.1 Å². The van der Waals surface area contributed by atoms with Gasteiger partial charge in [0.2, 0.25) is 0 Å². The maximum absolute atomic E-state index is 13.7. The highest BCUT2D eigenvalue weighted by molar-refractivity contribution is 6.04. The van der Waals surface area contributed by atoms with Crippen molar-refractivity contribution in [2.24, 2.45) is 0 Å². The monoisotopic (exact) mass is 488 g/mol. The number of hydrogen-bond acceptors (Lipinski definition) is 7. The van der Waals surface area contributed by atoms with Crippen LogP contribution >= 0.6 is 0 Å². The van der Waals surface area contributed by atoms with E-state index in [2.05, 4.69) is 35.6 Å². The molecule has 4 aromatic heterocycles. The molecule has 0 aliphatic heterocycles. The van der Waals surface area contributed by atoms with Crippen molar-refractivity contribution in [1.82, 2.24) is 34.9 Å². The van der Waals surface area contributed by atoms with E-state index in [-0.39, 0.29) is 17.3 Å². The van der Waals surface area contributed by atoms with E-state index >= 15 is 0 Å². The highest BCUT2D eigenvalue weighted by Gasteiger charge is 2.37. The van der Waals surface area contributed by atoms with Crippen LogP contribution in [0.4, 0.5) is 19.0 Å². The highest BCUT2D eigenvalue weighted by atomic mass is 19.4. The largest absolute Gasteiger partial charge is 0.433 e. The fourth-order valence-corrected chi connectivity index (χ4v) is 3.39. The molecule has 1 amide bonds. The number of nitrogens with zero attached hydrogens (tertiary/aromatic N) is 7. The van der Waals surface area contributed by atoms with E-state index in [9.17, 15) is 18.0 Å². The predicted molar refractivity (Wildman–Crippen MR) is 123 cm³/mol. The van der Waals surface area contributed by atoms with Gasteiger partial charge in [-0.25, -0.2) is 14.6 Å². The van der Waals surface area contributed by atoms with Crippen molar-refractivity contribution in [3.05, 3.63) is 97.0 Å². The maximum Gasteiger partial charge on any atom is 0.433 e. The minimum atomic E-state index is -4.68. The number of nitrogens with one attached hydrogen (secondary N) is 1. The lowest BCUT2D eigenvalue weighted by Gasteiger charge is -2.10. The average molecular weight is 488 g/mol. The van der Waals surface area contributed by atoms with Gasteiger partial charge in [0.05, 0.1) is 5.69 Å². The van der Waals surface area contributed by atoms with Gasteiger partial charge in [-0.3, -0.25) is 9.78 Å². The Kier molecular flexibility index (Phi) is 5.90. The highest BCUT2D eigenvalue weighted by Crippen LogP contribution is 2.33. The SMILES string of the molecule is O=C(Nc1ccc(-n2nc(-c3cccnc3)cc2C(F)(F)F)nn1)c1cccc(-c2cncnc2)c1. The molecule has 1 N–H and O–H groups in total. The number of pyridine rings is 1. The molecule has 5 aromatic rings. The van der Waals surface area contributed by atoms with Crippen molar-refractivity contribution in [1.29, 1.82) is 0 Å². The Bertz CT molecular complexity index is 1500. The maximum atomic E-state index is 13.7. The topological polar surface area (TPSA) is 111 Å². The number of aromatic nitrogens is 7. The molecular formula is C24H15F3N8O. The summed E-state index contributed by atoms with van der Waals surface area (Å²) in [4.78, 5) is 24.6. The molecule has 0 saturated carbocycles. The molecule has 9 nitrogen and oxygen atoms in total. The first-order valence-electron chi connectivity index (χ1n) is 10.5. The third kappa shape index (κ3) is 4.78. The molecule has 0 aliphatic carbocycles. The Balaban J connectivity index is 1.39. The Morgan fingerprint density at radius 1 is 0.833 bits per heavy atom. The van der Waals surface area contributed by atoms with Crippen LogP contribution in [0, 0.1) is 0 Å². The molecule has 4 heterocycles. The van der Waals surface area contributed by atoms with Crippen LogP contribution < -0.4 is 5.32 Å². The second kappa shape index (κ2) is 9.33. The van der Waals surface area contributed by atoms with Gasteiger partial charge in [-0.2, -0.15) is 18.3 Å². The van der Waals surface area contributed by atoms with Crippen molar-refractivity contribution in [2.75, 3.05) is 5.32 Å². The summed E-state index contributed by atoms with van der Waals surface area (Å²) in [5.41, 5.74) is 1.30. The molecule has 0 fully saturated rings. The summed E-state index contributed by atoms with van der Waals surface area (Å²) in [6, 6.07) is 13.6. The van der Waals surface area contributed by atoms with Gasteiger partial charge in [0.1, 0.15) is 6.33 Å². The summed E-state index contributed by atoms with van der Waals surface area (Å²) in [5, 5.41) is 14.3. The van der Waals surface area contributed by atoms with Crippen LogP contribution in [0.25, 0.3) is 28.2 Å². The third-order valence-electron chi connectivity index (χ3n) is 5.08. The van der Waals surface area contributed by atoms with Gasteiger partial charge >= 0.3 is 6.18 Å². The van der Waals surface area contributed by atoms with Gasteiger partial charge in [-0.15, -0.1) is 10.2 Å². The molecule has 0 spiro atoms. The number of rotatable bonds is 5. The zero-order valence-electron chi connectivity index (χ0n) is 18.3. The van der Waals surface area contributed by atoms with E-state index in [0.29, 0.717) is 15.8 Å². The normalized spacial score (nSPS) is 11.3. The molecule has 5 rings (SSSR count). The standard InChI is InChI=1S/C24H15F3N8O/c25-24(26,27)20-10-19(17-5-2-8-28-11-17)34-35(20)22-7-6-21(32-33-22)31-23(36)16-4-1-3-15(9-16)18-12-29-14-30-13-18/h1-14H,(H,31,32,36). The number of halogens is 3. The van der Waals surface area contributed by atoms with Crippen LogP contribution in [-0.2, 0) is 6.18 Å². The van der Waals surface area contributed by atoms with Gasteiger partial charge in [0, 0.05) is 41.5 Å². The zero-order chi connectivity index (χ0) is 25.1. The van der Waals surface area contributed by atoms with Crippen molar-refractivity contribution in [3.63, 3.8) is 0 Å². The second-order valence-corrected chi connectivity index (χ2v) is 7.50. The first kappa shape index (κ1) is 22.8. The quantitative estimate of drug-likeness (QED) is 0.389. The molecule has 0 bridgehead atoms. The molecule has 0 radical (unpaired) electrons. The fourth-order valence-electron chi connectivity index (χ4n) is 3.39. The summed E-state index contributed by atoms with van der Waals surface area (Å²) in [5.74, 6) is -0.573. The van der Waals surface area contributed by atoms with Crippen molar-refractivity contribution in [3.8, 4) is 28.2 Å².